The molecule has 6 rings (SSSR count). The standard InChI is InChI=1S/C21H24F2INO3.C20H20F2INO3S/c1-28-17-7-14(6-13-2-3-15(24)8-18(13)22)20(19(23)9-17)25-12-21(4-5-21)10-16(27)11-26;1-3-6-20(7-8-20)28(25,26)24-19-14(10-16(27-2)12-18(19)22)9-13-4-5-15(23)11-17(13)21/h2-3,7-9,16,25-27H,4-6,10-12H2,1H3;3-5,10-12,24H,1,6-9H2,2H3. The van der Waals surface area contributed by atoms with Crippen LogP contribution in [0, 0.1) is 35.8 Å². The number of allylic oxidation sites excluding steroid dienone is 1. The molecular weight excluding hydrogens is 978 g/mol. The van der Waals surface area contributed by atoms with Gasteiger partial charge >= 0.3 is 0 Å². The fraction of sp³-hybridized carbons (Fsp3) is 0.366. The molecule has 8 nitrogen and oxygen atoms in total. The summed E-state index contributed by atoms with van der Waals surface area (Å²) in [5, 5.41) is 22.0. The monoisotopic (exact) mass is 1020 g/mol. The summed E-state index contributed by atoms with van der Waals surface area (Å²) in [5.74, 6) is -1.38. The summed E-state index contributed by atoms with van der Waals surface area (Å²) in [5.41, 5.74) is 1.73. The van der Waals surface area contributed by atoms with Gasteiger partial charge in [-0.15, -0.1) is 6.58 Å². The summed E-state index contributed by atoms with van der Waals surface area (Å²) in [4.78, 5) is 0. The molecule has 4 N–H and O–H groups in total. The molecule has 2 aliphatic rings. The van der Waals surface area contributed by atoms with Crippen molar-refractivity contribution in [3.63, 3.8) is 0 Å². The Balaban J connectivity index is 0.000000214. The zero-order valence-corrected chi connectivity index (χ0v) is 36.0. The summed E-state index contributed by atoms with van der Waals surface area (Å²) in [6, 6.07) is 15.3. The lowest BCUT2D eigenvalue weighted by Crippen LogP contribution is -2.30. The van der Waals surface area contributed by atoms with Gasteiger partial charge in [0.05, 0.1) is 43.1 Å². The van der Waals surface area contributed by atoms with Crippen LogP contribution in [-0.4, -0.2) is 56.9 Å². The Hall–Kier alpha value is -3.13. The second-order valence-electron chi connectivity index (χ2n) is 14.3. The molecule has 0 amide bonds. The fourth-order valence-corrected chi connectivity index (χ4v) is 9.13. The van der Waals surface area contributed by atoms with Gasteiger partial charge in [-0.05, 0) is 148 Å². The quantitative estimate of drug-likeness (QED) is 0.0474. The molecule has 0 heterocycles. The first-order chi connectivity index (χ1) is 26.6. The van der Waals surface area contributed by atoms with Gasteiger partial charge in [0.2, 0.25) is 10.0 Å². The summed E-state index contributed by atoms with van der Waals surface area (Å²) < 4.78 is 97.2. The molecule has 0 saturated heterocycles. The third-order valence-electron chi connectivity index (χ3n) is 10.2. The molecule has 1 atom stereocenters. The Morgan fingerprint density at radius 3 is 1.71 bits per heavy atom. The number of anilines is 2. The van der Waals surface area contributed by atoms with E-state index in [-0.39, 0.29) is 42.1 Å². The van der Waals surface area contributed by atoms with Gasteiger partial charge in [0.1, 0.15) is 29.0 Å². The van der Waals surface area contributed by atoms with Crippen molar-refractivity contribution >= 4 is 66.6 Å². The third-order valence-corrected chi connectivity index (χ3v) is 13.7. The van der Waals surface area contributed by atoms with Crippen molar-refractivity contribution in [1.29, 1.82) is 0 Å². The van der Waals surface area contributed by atoms with Crippen LogP contribution in [0.1, 0.15) is 60.8 Å². The van der Waals surface area contributed by atoms with Gasteiger partial charge in [0.25, 0.3) is 0 Å². The molecule has 0 radical (unpaired) electrons. The molecule has 2 aliphatic carbocycles. The summed E-state index contributed by atoms with van der Waals surface area (Å²) in [7, 11) is -0.984. The molecule has 15 heteroatoms. The maximum absolute atomic E-state index is 14.8. The molecule has 2 saturated carbocycles. The minimum Gasteiger partial charge on any atom is -0.497 e. The van der Waals surface area contributed by atoms with Crippen LogP contribution in [0.2, 0.25) is 0 Å². The topological polar surface area (TPSA) is 117 Å². The van der Waals surface area contributed by atoms with Crippen molar-refractivity contribution in [2.45, 2.75) is 62.2 Å². The molecule has 4 aromatic rings. The molecule has 0 aliphatic heterocycles. The fourth-order valence-electron chi connectivity index (χ4n) is 6.54. The molecule has 2 fully saturated rings. The smallest absolute Gasteiger partial charge is 0.238 e. The number of sulfonamides is 1. The lowest BCUT2D eigenvalue weighted by Gasteiger charge is -2.21. The number of aliphatic hydroxyl groups is 2. The van der Waals surface area contributed by atoms with E-state index in [0.717, 1.165) is 26.0 Å². The highest BCUT2D eigenvalue weighted by molar-refractivity contribution is 14.1. The van der Waals surface area contributed by atoms with Gasteiger partial charge in [0.15, 0.2) is 5.82 Å². The number of hydrogen-bond donors (Lipinski definition) is 4. The van der Waals surface area contributed by atoms with E-state index in [2.05, 4.69) is 16.6 Å². The van der Waals surface area contributed by atoms with Gasteiger partial charge < -0.3 is 25.0 Å². The minimum absolute atomic E-state index is 0.0170. The second kappa shape index (κ2) is 18.6. The zero-order valence-electron chi connectivity index (χ0n) is 30.9. The van der Waals surface area contributed by atoms with Crippen LogP contribution in [0.25, 0.3) is 0 Å². The maximum atomic E-state index is 14.8. The SMILES string of the molecule is C=CCC1(S(=O)(=O)Nc2c(F)cc(OC)cc2Cc2ccc(I)cc2F)CC1.COc1cc(F)c(NCC2(CC(O)CO)CC2)c(Cc2ccc(I)cc2F)c1. The van der Waals surface area contributed by atoms with Gasteiger partial charge in [-0.25, -0.2) is 26.0 Å². The highest BCUT2D eigenvalue weighted by Gasteiger charge is 2.54. The Morgan fingerprint density at radius 1 is 0.786 bits per heavy atom. The highest BCUT2D eigenvalue weighted by atomic mass is 127. The van der Waals surface area contributed by atoms with Crippen molar-refractivity contribution in [2.24, 2.45) is 5.41 Å². The number of halogens is 6. The summed E-state index contributed by atoms with van der Waals surface area (Å²) in [6.45, 7) is 3.81. The predicted molar refractivity (Wildman–Crippen MR) is 227 cm³/mol. The summed E-state index contributed by atoms with van der Waals surface area (Å²) >= 11 is 4.05. The molecule has 0 spiro atoms. The van der Waals surface area contributed by atoms with Crippen LogP contribution in [0.4, 0.5) is 28.9 Å². The highest BCUT2D eigenvalue weighted by Crippen LogP contribution is 2.50. The first kappa shape index (κ1) is 44.0. The van der Waals surface area contributed by atoms with Crippen LogP contribution < -0.4 is 19.5 Å². The number of methoxy groups -OCH3 is 2. The van der Waals surface area contributed by atoms with E-state index in [1.54, 1.807) is 30.3 Å². The Morgan fingerprint density at radius 2 is 1.29 bits per heavy atom. The molecule has 56 heavy (non-hydrogen) atoms. The number of aliphatic hydroxyl groups excluding tert-OH is 2. The van der Waals surface area contributed by atoms with Gasteiger partial charge in [-0.2, -0.15) is 0 Å². The number of nitrogens with one attached hydrogen (secondary N) is 2. The van der Waals surface area contributed by atoms with Gasteiger partial charge in [0, 0.05) is 38.7 Å². The largest absolute Gasteiger partial charge is 0.497 e. The molecular formula is C41H44F4I2N2O6S. The lowest BCUT2D eigenvalue weighted by molar-refractivity contribution is 0.0718. The zero-order chi connectivity index (χ0) is 40.8. The normalized spacial score (nSPS) is 15.5. The first-order valence-corrected chi connectivity index (χ1v) is 21.5. The van der Waals surface area contributed by atoms with Crippen molar-refractivity contribution < 1.29 is 45.7 Å². The molecule has 0 aromatic heterocycles. The van der Waals surface area contributed by atoms with E-state index in [4.69, 9.17) is 14.6 Å². The van der Waals surface area contributed by atoms with E-state index in [1.165, 1.54) is 38.5 Å². The Kier molecular flexibility index (Phi) is 14.6. The van der Waals surface area contributed by atoms with Crippen molar-refractivity contribution in [1.82, 2.24) is 0 Å². The maximum Gasteiger partial charge on any atom is 0.238 e. The van der Waals surface area contributed by atoms with Crippen LogP contribution in [-0.2, 0) is 22.9 Å². The van der Waals surface area contributed by atoms with Gasteiger partial charge in [-0.1, -0.05) is 18.2 Å². The average Bonchev–Trinajstić information content (AvgIpc) is 4.09. The number of benzene rings is 4. The van der Waals surface area contributed by atoms with E-state index < -0.39 is 38.3 Å². The second-order valence-corrected chi connectivity index (χ2v) is 18.9. The van der Waals surface area contributed by atoms with Crippen molar-refractivity contribution in [3.8, 4) is 11.5 Å². The molecule has 4 aromatic carbocycles. The van der Waals surface area contributed by atoms with E-state index >= 15 is 0 Å². The van der Waals surface area contributed by atoms with Crippen LogP contribution >= 0.6 is 45.2 Å². The minimum atomic E-state index is -3.83. The van der Waals surface area contributed by atoms with Gasteiger partial charge in [-0.3, -0.25) is 4.72 Å². The molecule has 0 bridgehead atoms. The molecule has 302 valence electrons. The van der Waals surface area contributed by atoms with E-state index in [1.807, 2.05) is 51.2 Å². The lowest BCUT2D eigenvalue weighted by atomic mass is 9.97. The number of ether oxygens (including phenoxy) is 2. The Labute approximate surface area is 352 Å². The number of rotatable bonds is 17. The Bertz CT molecular complexity index is 2170. The van der Waals surface area contributed by atoms with E-state index in [9.17, 15) is 31.1 Å². The predicted octanol–water partition coefficient (Wildman–Crippen LogP) is 9.12. The van der Waals surface area contributed by atoms with Crippen LogP contribution in [0.5, 0.6) is 11.5 Å². The summed E-state index contributed by atoms with van der Waals surface area (Å²) in [6.07, 6.45) is 4.60. The van der Waals surface area contributed by atoms with Crippen molar-refractivity contribution in [2.75, 3.05) is 37.4 Å². The average molecular weight is 1020 g/mol. The van der Waals surface area contributed by atoms with Crippen LogP contribution in [0.15, 0.2) is 73.3 Å². The van der Waals surface area contributed by atoms with Crippen LogP contribution in [0.3, 0.4) is 0 Å². The van der Waals surface area contributed by atoms with Crippen molar-refractivity contribution in [3.05, 3.63) is 126 Å². The van der Waals surface area contributed by atoms with E-state index in [0.29, 0.717) is 65.9 Å². The molecule has 1 unspecified atom stereocenters. The first-order valence-electron chi connectivity index (χ1n) is 17.8. The number of hydrogen-bond acceptors (Lipinski definition) is 7. The third kappa shape index (κ3) is 10.9.